The fourth-order valence-electron chi connectivity index (χ4n) is 1.28. The second-order valence-electron chi connectivity index (χ2n) is 3.46. The van der Waals surface area contributed by atoms with Gasteiger partial charge in [0.25, 0.3) is 0 Å². The first-order valence-electron chi connectivity index (χ1n) is 5.03. The standard InChI is InChI=1S/C12H12FNO4/c1-3-4-18-12(17)14-10-6-8(11(15)16)7(2)5-9(10)13/h3,5-6H,1,4H2,2H3,(H,14,17)(H,15,16). The number of carboxylic acid groups (broad SMARTS) is 1. The van der Waals surface area contributed by atoms with Gasteiger partial charge in [-0.15, -0.1) is 0 Å². The van der Waals surface area contributed by atoms with E-state index >= 15 is 0 Å². The van der Waals surface area contributed by atoms with Gasteiger partial charge in [0.15, 0.2) is 0 Å². The van der Waals surface area contributed by atoms with E-state index in [0.29, 0.717) is 0 Å². The number of nitrogens with one attached hydrogen (secondary N) is 1. The number of anilines is 1. The van der Waals surface area contributed by atoms with Crippen molar-refractivity contribution in [2.75, 3.05) is 11.9 Å². The number of carbonyl (C=O) groups is 2. The zero-order chi connectivity index (χ0) is 13.7. The summed E-state index contributed by atoms with van der Waals surface area (Å²) in [5.74, 6) is -1.93. The number of benzene rings is 1. The van der Waals surface area contributed by atoms with Crippen molar-refractivity contribution in [1.82, 2.24) is 0 Å². The number of aryl methyl sites for hydroxylation is 1. The van der Waals surface area contributed by atoms with Crippen LogP contribution < -0.4 is 5.32 Å². The fourth-order valence-corrected chi connectivity index (χ4v) is 1.28. The Balaban J connectivity index is 2.95. The third-order valence-corrected chi connectivity index (χ3v) is 2.11. The molecule has 5 nitrogen and oxygen atoms in total. The number of aromatic carboxylic acids is 1. The lowest BCUT2D eigenvalue weighted by atomic mass is 10.1. The second-order valence-corrected chi connectivity index (χ2v) is 3.46. The first kappa shape index (κ1) is 13.7. The van der Waals surface area contributed by atoms with Crippen molar-refractivity contribution in [3.05, 3.63) is 41.7 Å². The summed E-state index contributed by atoms with van der Waals surface area (Å²) in [6.07, 6.45) is 0.474. The Hall–Kier alpha value is -2.37. The van der Waals surface area contributed by atoms with Crippen molar-refractivity contribution in [2.24, 2.45) is 0 Å². The van der Waals surface area contributed by atoms with Crippen molar-refractivity contribution in [1.29, 1.82) is 0 Å². The van der Waals surface area contributed by atoms with Gasteiger partial charge in [-0.25, -0.2) is 14.0 Å². The van der Waals surface area contributed by atoms with Crippen LogP contribution in [0, 0.1) is 12.7 Å². The topological polar surface area (TPSA) is 75.6 Å². The maximum absolute atomic E-state index is 13.5. The summed E-state index contributed by atoms with van der Waals surface area (Å²) < 4.78 is 18.1. The highest BCUT2D eigenvalue weighted by Gasteiger charge is 2.14. The highest BCUT2D eigenvalue weighted by Crippen LogP contribution is 2.20. The van der Waals surface area contributed by atoms with Crippen LogP contribution in [0.25, 0.3) is 0 Å². The Labute approximate surface area is 103 Å². The average Bonchev–Trinajstić information content (AvgIpc) is 2.29. The van der Waals surface area contributed by atoms with Crippen LogP contribution in [-0.4, -0.2) is 23.8 Å². The molecule has 96 valence electrons. The zero-order valence-corrected chi connectivity index (χ0v) is 9.70. The number of ether oxygens (including phenoxy) is 1. The monoisotopic (exact) mass is 253 g/mol. The normalized spacial score (nSPS) is 9.67. The number of halogens is 1. The van der Waals surface area contributed by atoms with Gasteiger partial charge in [0, 0.05) is 0 Å². The molecule has 0 spiro atoms. The molecule has 0 aliphatic carbocycles. The lowest BCUT2D eigenvalue weighted by Gasteiger charge is -2.09. The summed E-state index contributed by atoms with van der Waals surface area (Å²) in [6, 6.07) is 2.08. The number of rotatable bonds is 4. The van der Waals surface area contributed by atoms with Crippen molar-refractivity contribution >= 4 is 17.7 Å². The summed E-state index contributed by atoms with van der Waals surface area (Å²) in [5, 5.41) is 11.0. The van der Waals surface area contributed by atoms with Crippen LogP contribution in [0.15, 0.2) is 24.8 Å². The van der Waals surface area contributed by atoms with Gasteiger partial charge in [0.05, 0.1) is 11.3 Å². The maximum atomic E-state index is 13.5. The fraction of sp³-hybridized carbons (Fsp3) is 0.167. The Morgan fingerprint density at radius 2 is 2.22 bits per heavy atom. The van der Waals surface area contributed by atoms with E-state index in [4.69, 9.17) is 5.11 Å². The molecule has 1 aromatic carbocycles. The molecule has 0 heterocycles. The third kappa shape index (κ3) is 3.31. The first-order chi connectivity index (χ1) is 8.45. The van der Waals surface area contributed by atoms with Gasteiger partial charge in [0.1, 0.15) is 12.4 Å². The van der Waals surface area contributed by atoms with Gasteiger partial charge in [-0.3, -0.25) is 5.32 Å². The van der Waals surface area contributed by atoms with E-state index in [2.05, 4.69) is 16.6 Å². The highest BCUT2D eigenvalue weighted by molar-refractivity contribution is 5.92. The molecule has 1 amide bonds. The molecule has 0 atom stereocenters. The van der Waals surface area contributed by atoms with Crippen LogP contribution in [0.1, 0.15) is 15.9 Å². The van der Waals surface area contributed by atoms with Crippen molar-refractivity contribution in [3.63, 3.8) is 0 Å². The van der Waals surface area contributed by atoms with Crippen LogP contribution in [0.3, 0.4) is 0 Å². The Morgan fingerprint density at radius 3 is 2.78 bits per heavy atom. The van der Waals surface area contributed by atoms with E-state index in [1.54, 1.807) is 0 Å². The van der Waals surface area contributed by atoms with E-state index in [1.807, 2.05) is 0 Å². The van der Waals surface area contributed by atoms with E-state index < -0.39 is 17.9 Å². The Kier molecular flexibility index (Phi) is 4.42. The number of hydrogen-bond donors (Lipinski definition) is 2. The molecular weight excluding hydrogens is 241 g/mol. The van der Waals surface area contributed by atoms with Gasteiger partial charge >= 0.3 is 12.1 Å². The van der Waals surface area contributed by atoms with E-state index in [1.165, 1.54) is 13.0 Å². The molecule has 2 N–H and O–H groups in total. The van der Waals surface area contributed by atoms with Crippen LogP contribution in [0.4, 0.5) is 14.9 Å². The molecule has 0 radical (unpaired) electrons. The summed E-state index contributed by atoms with van der Waals surface area (Å²) in [7, 11) is 0. The molecule has 0 aliphatic heterocycles. The van der Waals surface area contributed by atoms with Gasteiger partial charge < -0.3 is 9.84 Å². The van der Waals surface area contributed by atoms with Gasteiger partial charge in [-0.1, -0.05) is 12.7 Å². The molecule has 18 heavy (non-hydrogen) atoms. The van der Waals surface area contributed by atoms with Gasteiger partial charge in [-0.2, -0.15) is 0 Å². The van der Waals surface area contributed by atoms with E-state index in [-0.39, 0.29) is 23.4 Å². The first-order valence-corrected chi connectivity index (χ1v) is 5.03. The minimum Gasteiger partial charge on any atom is -0.478 e. The van der Waals surface area contributed by atoms with Gasteiger partial charge in [0.2, 0.25) is 0 Å². The zero-order valence-electron chi connectivity index (χ0n) is 9.70. The quantitative estimate of drug-likeness (QED) is 0.808. The number of amides is 1. The molecule has 1 aromatic rings. The number of hydrogen-bond acceptors (Lipinski definition) is 3. The Bertz CT molecular complexity index is 499. The minimum atomic E-state index is -1.20. The average molecular weight is 253 g/mol. The molecule has 0 saturated heterocycles. The van der Waals surface area contributed by atoms with E-state index in [0.717, 1.165) is 12.1 Å². The molecular formula is C12H12FNO4. The lowest BCUT2D eigenvalue weighted by Crippen LogP contribution is -2.15. The molecule has 0 aromatic heterocycles. The largest absolute Gasteiger partial charge is 0.478 e. The predicted molar refractivity (Wildman–Crippen MR) is 63.3 cm³/mol. The smallest absolute Gasteiger partial charge is 0.412 e. The van der Waals surface area contributed by atoms with Crippen molar-refractivity contribution in [3.8, 4) is 0 Å². The molecule has 0 aliphatic rings. The maximum Gasteiger partial charge on any atom is 0.412 e. The minimum absolute atomic E-state index is 0.0227. The van der Waals surface area contributed by atoms with Crippen LogP contribution in [-0.2, 0) is 4.74 Å². The molecule has 0 saturated carbocycles. The molecule has 0 bridgehead atoms. The van der Waals surface area contributed by atoms with Crippen LogP contribution in [0.2, 0.25) is 0 Å². The SMILES string of the molecule is C=CCOC(=O)Nc1cc(C(=O)O)c(C)cc1F. The van der Waals surface area contributed by atoms with E-state index in [9.17, 15) is 14.0 Å². The van der Waals surface area contributed by atoms with Crippen LogP contribution >= 0.6 is 0 Å². The number of carboxylic acids is 1. The summed E-state index contributed by atoms with van der Waals surface area (Å²) in [6.45, 7) is 4.79. The highest BCUT2D eigenvalue weighted by atomic mass is 19.1. The molecule has 0 fully saturated rings. The number of carbonyl (C=O) groups excluding carboxylic acids is 1. The summed E-state index contributed by atoms with van der Waals surface area (Å²) in [5.41, 5.74) is -0.0625. The summed E-state index contributed by atoms with van der Waals surface area (Å²) >= 11 is 0. The van der Waals surface area contributed by atoms with Crippen LogP contribution in [0.5, 0.6) is 0 Å². The summed E-state index contributed by atoms with van der Waals surface area (Å²) in [4.78, 5) is 22.1. The second kappa shape index (κ2) is 5.81. The molecule has 0 unspecified atom stereocenters. The lowest BCUT2D eigenvalue weighted by molar-refractivity contribution is 0.0696. The molecule has 1 rings (SSSR count). The van der Waals surface area contributed by atoms with Crippen molar-refractivity contribution < 1.29 is 23.8 Å². The van der Waals surface area contributed by atoms with Crippen molar-refractivity contribution in [2.45, 2.75) is 6.92 Å². The Morgan fingerprint density at radius 1 is 1.56 bits per heavy atom. The van der Waals surface area contributed by atoms with Gasteiger partial charge in [-0.05, 0) is 24.6 Å². The predicted octanol–water partition coefficient (Wildman–Crippen LogP) is 2.57. The molecule has 6 heteroatoms. The third-order valence-electron chi connectivity index (χ3n) is 2.11.